The van der Waals surface area contributed by atoms with Crippen molar-refractivity contribution in [2.24, 2.45) is 0 Å². The molecule has 0 radical (unpaired) electrons. The molecular formula is C15H22N2. The first-order valence-electron chi connectivity index (χ1n) is 6.76. The van der Waals surface area contributed by atoms with E-state index in [1.807, 2.05) is 0 Å². The minimum atomic E-state index is 0.381. The van der Waals surface area contributed by atoms with Crippen LogP contribution in [0.5, 0.6) is 0 Å². The molecule has 0 bridgehead atoms. The zero-order chi connectivity index (χ0) is 11.9. The van der Waals surface area contributed by atoms with Gasteiger partial charge in [0.1, 0.15) is 0 Å². The molecule has 92 valence electrons. The molecule has 0 aromatic heterocycles. The molecule has 3 rings (SSSR count). The van der Waals surface area contributed by atoms with E-state index in [1.54, 1.807) is 0 Å². The van der Waals surface area contributed by atoms with Crippen molar-refractivity contribution in [1.29, 1.82) is 0 Å². The number of anilines is 1. The molecule has 2 nitrogen and oxygen atoms in total. The van der Waals surface area contributed by atoms with Crippen LogP contribution in [0.4, 0.5) is 5.69 Å². The van der Waals surface area contributed by atoms with Crippen LogP contribution >= 0.6 is 0 Å². The third-order valence-electron chi connectivity index (χ3n) is 4.33. The summed E-state index contributed by atoms with van der Waals surface area (Å²) in [5.74, 6) is 0. The Morgan fingerprint density at radius 3 is 3.00 bits per heavy atom. The largest absolute Gasteiger partial charge is 0.384 e. The van der Waals surface area contributed by atoms with Crippen LogP contribution in [0.1, 0.15) is 37.8 Å². The second-order valence-corrected chi connectivity index (χ2v) is 6.01. The Bertz CT molecular complexity index is 423. The number of benzene rings is 1. The van der Waals surface area contributed by atoms with Crippen molar-refractivity contribution in [3.05, 3.63) is 29.3 Å². The van der Waals surface area contributed by atoms with E-state index in [2.05, 4.69) is 42.3 Å². The average Bonchev–Trinajstić information content (AvgIpc) is 2.85. The fraction of sp³-hybridized carbons (Fsp3) is 0.600. The number of likely N-dealkylation sites (tertiary alicyclic amines) is 1. The number of nitrogens with one attached hydrogen (secondary N) is 1. The highest BCUT2D eigenvalue weighted by Crippen LogP contribution is 2.31. The van der Waals surface area contributed by atoms with Crippen LogP contribution in [0, 0.1) is 0 Å². The maximum atomic E-state index is 3.47. The Morgan fingerprint density at radius 2 is 2.24 bits per heavy atom. The summed E-state index contributed by atoms with van der Waals surface area (Å²) in [6.07, 6.45) is 3.86. The molecule has 2 heterocycles. The van der Waals surface area contributed by atoms with Crippen molar-refractivity contribution in [2.45, 2.75) is 45.2 Å². The summed E-state index contributed by atoms with van der Waals surface area (Å²) in [6.45, 7) is 8.19. The topological polar surface area (TPSA) is 15.3 Å². The third-order valence-corrected chi connectivity index (χ3v) is 4.33. The Hall–Kier alpha value is -1.02. The summed E-state index contributed by atoms with van der Waals surface area (Å²) in [4.78, 5) is 2.61. The maximum Gasteiger partial charge on any atom is 0.0376 e. The Balaban J connectivity index is 1.77. The van der Waals surface area contributed by atoms with E-state index in [0.29, 0.717) is 5.54 Å². The first-order chi connectivity index (χ1) is 8.15. The highest BCUT2D eigenvalue weighted by atomic mass is 15.2. The van der Waals surface area contributed by atoms with Gasteiger partial charge >= 0.3 is 0 Å². The zero-order valence-corrected chi connectivity index (χ0v) is 10.9. The molecule has 0 unspecified atom stereocenters. The van der Waals surface area contributed by atoms with E-state index >= 15 is 0 Å². The molecule has 1 N–H and O–H groups in total. The second kappa shape index (κ2) is 4.02. The van der Waals surface area contributed by atoms with Gasteiger partial charge in [0.05, 0.1) is 0 Å². The summed E-state index contributed by atoms with van der Waals surface area (Å²) < 4.78 is 0. The van der Waals surface area contributed by atoms with Crippen LogP contribution in [0.25, 0.3) is 0 Å². The van der Waals surface area contributed by atoms with Gasteiger partial charge in [0, 0.05) is 24.3 Å². The lowest BCUT2D eigenvalue weighted by Gasteiger charge is -2.31. The first kappa shape index (κ1) is 11.1. The van der Waals surface area contributed by atoms with E-state index in [1.165, 1.54) is 42.6 Å². The standard InChI is InChI=1S/C15H22N2/c1-15(2)7-3-9-17(15)11-12-4-5-13-6-8-16-14(13)10-12/h4-5,10,16H,3,6-9,11H2,1-2H3. The minimum absolute atomic E-state index is 0.381. The molecule has 0 amide bonds. The monoisotopic (exact) mass is 230 g/mol. The predicted octanol–water partition coefficient (Wildman–Crippen LogP) is 3.03. The zero-order valence-electron chi connectivity index (χ0n) is 10.9. The molecule has 0 atom stereocenters. The fourth-order valence-electron chi connectivity index (χ4n) is 3.11. The number of hydrogen-bond acceptors (Lipinski definition) is 2. The lowest BCUT2D eigenvalue weighted by atomic mass is 10.0. The number of rotatable bonds is 2. The van der Waals surface area contributed by atoms with E-state index in [-0.39, 0.29) is 0 Å². The van der Waals surface area contributed by atoms with Gasteiger partial charge in [0.2, 0.25) is 0 Å². The number of nitrogens with zero attached hydrogens (tertiary/aromatic N) is 1. The van der Waals surface area contributed by atoms with Crippen LogP contribution in [0.2, 0.25) is 0 Å². The van der Waals surface area contributed by atoms with Gasteiger partial charge in [-0.3, -0.25) is 4.90 Å². The minimum Gasteiger partial charge on any atom is -0.384 e. The molecule has 0 saturated carbocycles. The molecular weight excluding hydrogens is 208 g/mol. The average molecular weight is 230 g/mol. The molecule has 2 aliphatic rings. The lowest BCUT2D eigenvalue weighted by Crippen LogP contribution is -2.37. The van der Waals surface area contributed by atoms with Gasteiger partial charge in [-0.15, -0.1) is 0 Å². The van der Waals surface area contributed by atoms with Gasteiger partial charge < -0.3 is 5.32 Å². The predicted molar refractivity (Wildman–Crippen MR) is 72.4 cm³/mol. The highest BCUT2D eigenvalue weighted by Gasteiger charge is 2.31. The molecule has 0 aliphatic carbocycles. The van der Waals surface area contributed by atoms with Crippen LogP contribution < -0.4 is 5.32 Å². The fourth-order valence-corrected chi connectivity index (χ4v) is 3.11. The smallest absolute Gasteiger partial charge is 0.0376 e. The van der Waals surface area contributed by atoms with E-state index in [4.69, 9.17) is 0 Å². The summed E-state index contributed by atoms with van der Waals surface area (Å²) in [7, 11) is 0. The molecule has 0 spiro atoms. The molecule has 1 aromatic rings. The van der Waals surface area contributed by atoms with Crippen LogP contribution in [-0.2, 0) is 13.0 Å². The molecule has 2 aliphatic heterocycles. The molecule has 1 saturated heterocycles. The quantitative estimate of drug-likeness (QED) is 0.840. The third kappa shape index (κ3) is 2.06. The molecule has 2 heteroatoms. The van der Waals surface area contributed by atoms with Crippen molar-refractivity contribution in [3.63, 3.8) is 0 Å². The first-order valence-corrected chi connectivity index (χ1v) is 6.76. The van der Waals surface area contributed by atoms with E-state index in [0.717, 1.165) is 13.1 Å². The van der Waals surface area contributed by atoms with Gasteiger partial charge in [-0.25, -0.2) is 0 Å². The summed E-state index contributed by atoms with van der Waals surface area (Å²) in [6, 6.07) is 6.95. The van der Waals surface area contributed by atoms with E-state index in [9.17, 15) is 0 Å². The number of hydrogen-bond donors (Lipinski definition) is 1. The molecule has 1 aromatic carbocycles. The van der Waals surface area contributed by atoms with Crippen molar-refractivity contribution >= 4 is 5.69 Å². The summed E-state index contributed by atoms with van der Waals surface area (Å²) >= 11 is 0. The number of fused-ring (bicyclic) bond motifs is 1. The SMILES string of the molecule is CC1(C)CCCN1Cc1ccc2c(c1)NCC2. The maximum absolute atomic E-state index is 3.47. The van der Waals surface area contributed by atoms with Crippen LogP contribution in [0.3, 0.4) is 0 Å². The normalized spacial score (nSPS) is 22.5. The van der Waals surface area contributed by atoms with Gasteiger partial charge in [-0.1, -0.05) is 12.1 Å². The van der Waals surface area contributed by atoms with Gasteiger partial charge in [-0.2, -0.15) is 0 Å². The van der Waals surface area contributed by atoms with Crippen molar-refractivity contribution in [2.75, 3.05) is 18.4 Å². The lowest BCUT2D eigenvalue weighted by molar-refractivity contribution is 0.166. The summed E-state index contributed by atoms with van der Waals surface area (Å²) in [5.41, 5.74) is 4.67. The van der Waals surface area contributed by atoms with Gasteiger partial charge in [0.25, 0.3) is 0 Å². The van der Waals surface area contributed by atoms with Crippen molar-refractivity contribution in [1.82, 2.24) is 4.90 Å². The Morgan fingerprint density at radius 1 is 1.35 bits per heavy atom. The van der Waals surface area contributed by atoms with Crippen LogP contribution in [-0.4, -0.2) is 23.5 Å². The molecule has 1 fully saturated rings. The van der Waals surface area contributed by atoms with Gasteiger partial charge in [0.15, 0.2) is 0 Å². The van der Waals surface area contributed by atoms with Crippen molar-refractivity contribution < 1.29 is 0 Å². The van der Waals surface area contributed by atoms with E-state index < -0.39 is 0 Å². The van der Waals surface area contributed by atoms with Crippen LogP contribution in [0.15, 0.2) is 18.2 Å². The Labute approximate surface area is 104 Å². The second-order valence-electron chi connectivity index (χ2n) is 6.01. The molecule has 17 heavy (non-hydrogen) atoms. The van der Waals surface area contributed by atoms with Crippen molar-refractivity contribution in [3.8, 4) is 0 Å². The van der Waals surface area contributed by atoms with Gasteiger partial charge in [-0.05, 0) is 56.8 Å². The summed E-state index contributed by atoms with van der Waals surface area (Å²) in [5, 5.41) is 3.47. The Kier molecular flexibility index (Phi) is 2.62. The highest BCUT2D eigenvalue weighted by molar-refractivity contribution is 5.57.